The van der Waals surface area contributed by atoms with Crippen LogP contribution >= 0.6 is 11.6 Å². The maximum atomic E-state index is 12.3. The average Bonchev–Trinajstić information content (AvgIpc) is 3.25. The van der Waals surface area contributed by atoms with Crippen molar-refractivity contribution in [2.45, 2.75) is 32.6 Å². The van der Waals surface area contributed by atoms with Crippen molar-refractivity contribution in [1.29, 1.82) is 0 Å². The number of rotatable bonds is 5. The smallest absolute Gasteiger partial charge is 0.228 e. The van der Waals surface area contributed by atoms with Gasteiger partial charge in [0.05, 0.1) is 29.2 Å². The number of aryl methyl sites for hydroxylation is 1. The van der Waals surface area contributed by atoms with Crippen LogP contribution in [0, 0.1) is 6.92 Å². The van der Waals surface area contributed by atoms with Gasteiger partial charge in [-0.3, -0.25) is 9.78 Å². The topological polar surface area (TPSA) is 83.0 Å². The lowest BCUT2D eigenvalue weighted by Crippen LogP contribution is -2.22. The van der Waals surface area contributed by atoms with Crippen LogP contribution in [0.15, 0.2) is 36.7 Å². The second-order valence-corrected chi connectivity index (χ2v) is 8.82. The van der Waals surface area contributed by atoms with E-state index >= 15 is 0 Å². The molecule has 2 aliphatic rings. The minimum atomic E-state index is -0.109. The van der Waals surface area contributed by atoms with Crippen LogP contribution < -0.4 is 10.6 Å². The number of anilines is 3. The molecule has 1 amide bonds. The summed E-state index contributed by atoms with van der Waals surface area (Å²) in [7, 11) is 0. The number of nitrogens with one attached hydrogen (secondary N) is 2. The van der Waals surface area contributed by atoms with Gasteiger partial charge < -0.3 is 15.5 Å². The van der Waals surface area contributed by atoms with Crippen LogP contribution in [0.5, 0.6) is 0 Å². The van der Waals surface area contributed by atoms with Crippen molar-refractivity contribution in [3.05, 3.63) is 58.5 Å². The molecule has 0 bridgehead atoms. The van der Waals surface area contributed by atoms with Crippen LogP contribution in [-0.4, -0.2) is 45.4 Å². The Labute approximate surface area is 192 Å². The minimum Gasteiger partial charge on any atom is -0.325 e. The molecule has 4 heterocycles. The van der Waals surface area contributed by atoms with E-state index in [0.717, 1.165) is 41.2 Å². The van der Waals surface area contributed by atoms with Crippen LogP contribution in [0.1, 0.15) is 29.7 Å². The van der Waals surface area contributed by atoms with E-state index in [9.17, 15) is 4.79 Å². The van der Waals surface area contributed by atoms with E-state index in [-0.39, 0.29) is 12.3 Å². The van der Waals surface area contributed by atoms with Crippen molar-refractivity contribution >= 4 is 34.8 Å². The van der Waals surface area contributed by atoms with Crippen LogP contribution in [0.2, 0.25) is 5.02 Å². The lowest BCUT2D eigenvalue weighted by molar-refractivity contribution is -0.115. The predicted molar refractivity (Wildman–Crippen MR) is 126 cm³/mol. The number of carbonyl (C=O) groups is 1. The van der Waals surface area contributed by atoms with Crippen molar-refractivity contribution in [3.8, 4) is 11.3 Å². The number of pyridine rings is 1. The summed E-state index contributed by atoms with van der Waals surface area (Å²) in [6.07, 6.45) is 7.44. The number of likely N-dealkylation sites (tertiary alicyclic amines) is 1. The predicted octanol–water partition coefficient (Wildman–Crippen LogP) is 4.38. The molecule has 164 valence electrons. The average molecular weight is 449 g/mol. The van der Waals surface area contributed by atoms with Gasteiger partial charge in [0.2, 0.25) is 11.9 Å². The zero-order valence-corrected chi connectivity index (χ0v) is 18.7. The summed E-state index contributed by atoms with van der Waals surface area (Å²) in [4.78, 5) is 28.6. The van der Waals surface area contributed by atoms with E-state index in [2.05, 4.69) is 31.6 Å². The van der Waals surface area contributed by atoms with Gasteiger partial charge in [-0.1, -0.05) is 11.6 Å². The van der Waals surface area contributed by atoms with Crippen LogP contribution in [0.25, 0.3) is 11.3 Å². The van der Waals surface area contributed by atoms with Crippen LogP contribution in [0.3, 0.4) is 0 Å². The summed E-state index contributed by atoms with van der Waals surface area (Å²) in [6.45, 7) is 5.41. The van der Waals surface area contributed by atoms with Crippen molar-refractivity contribution in [2.24, 2.45) is 0 Å². The number of nitrogens with zero attached hydrogens (tertiary/aromatic N) is 4. The third-order valence-corrected chi connectivity index (χ3v) is 6.27. The summed E-state index contributed by atoms with van der Waals surface area (Å²) < 4.78 is 0. The van der Waals surface area contributed by atoms with Gasteiger partial charge in [0.25, 0.3) is 0 Å². The molecule has 2 aromatic heterocycles. The number of hydrogen-bond acceptors (Lipinski definition) is 6. The molecule has 5 rings (SSSR count). The highest BCUT2D eigenvalue weighted by Crippen LogP contribution is 2.35. The summed E-state index contributed by atoms with van der Waals surface area (Å²) in [5.41, 5.74) is 5.96. The van der Waals surface area contributed by atoms with Crippen LogP contribution in [-0.2, 0) is 17.6 Å². The molecule has 2 N–H and O–H groups in total. The van der Waals surface area contributed by atoms with Crippen molar-refractivity contribution < 1.29 is 4.79 Å². The first-order valence-corrected chi connectivity index (χ1v) is 11.3. The molecule has 1 saturated heterocycles. The van der Waals surface area contributed by atoms with Gasteiger partial charge in [0.1, 0.15) is 0 Å². The molecule has 0 radical (unpaired) electrons. The summed E-state index contributed by atoms with van der Waals surface area (Å²) in [6, 6.07) is 7.56. The molecule has 0 unspecified atom stereocenters. The molecule has 3 aromatic rings. The monoisotopic (exact) mass is 448 g/mol. The van der Waals surface area contributed by atoms with Gasteiger partial charge in [0.15, 0.2) is 0 Å². The number of amides is 1. The van der Waals surface area contributed by atoms with Gasteiger partial charge >= 0.3 is 0 Å². The standard InChI is InChI=1S/C24H25ClN6O/c1-15-20(10-16(13-26-15)6-9-31-7-2-3-8-31)29-24-27-14-17-11-22(32)28-21-12-18(25)4-5-19(21)23(17)30-24/h4-5,10,12-14H,2-3,6-9,11H2,1H3,(H,28,32)(H,27,29,30). The Morgan fingerprint density at radius 1 is 1.16 bits per heavy atom. The van der Waals surface area contributed by atoms with Gasteiger partial charge in [0, 0.05) is 35.1 Å². The van der Waals surface area contributed by atoms with Crippen molar-refractivity contribution in [2.75, 3.05) is 30.3 Å². The molecule has 0 atom stereocenters. The normalized spacial score (nSPS) is 15.6. The maximum Gasteiger partial charge on any atom is 0.228 e. The minimum absolute atomic E-state index is 0.109. The number of carbonyl (C=O) groups excluding carboxylic acids is 1. The molecule has 0 spiro atoms. The SMILES string of the molecule is Cc1ncc(CCN2CCCC2)cc1Nc1ncc2c(n1)-c1ccc(Cl)cc1NC(=O)C2. The van der Waals surface area contributed by atoms with E-state index in [0.29, 0.717) is 16.7 Å². The zero-order chi connectivity index (χ0) is 22.1. The summed E-state index contributed by atoms with van der Waals surface area (Å²) in [5.74, 6) is 0.364. The Hall–Kier alpha value is -3.03. The number of halogens is 1. The fourth-order valence-corrected chi connectivity index (χ4v) is 4.45. The second kappa shape index (κ2) is 8.84. The molecule has 8 heteroatoms. The third kappa shape index (κ3) is 4.45. The van der Waals surface area contributed by atoms with E-state index < -0.39 is 0 Å². The molecule has 0 saturated carbocycles. The Balaban J connectivity index is 1.42. The highest BCUT2D eigenvalue weighted by Gasteiger charge is 2.21. The largest absolute Gasteiger partial charge is 0.325 e. The summed E-state index contributed by atoms with van der Waals surface area (Å²) >= 11 is 6.14. The molecule has 1 aromatic carbocycles. The molecule has 2 aliphatic heterocycles. The van der Waals surface area contributed by atoms with E-state index in [4.69, 9.17) is 16.6 Å². The number of aromatic nitrogens is 3. The Kier molecular flexibility index (Phi) is 5.76. The maximum absolute atomic E-state index is 12.3. The Morgan fingerprint density at radius 2 is 2.00 bits per heavy atom. The molecule has 7 nitrogen and oxygen atoms in total. The second-order valence-electron chi connectivity index (χ2n) is 8.38. The molecular formula is C24H25ClN6O. The number of hydrogen-bond donors (Lipinski definition) is 2. The summed E-state index contributed by atoms with van der Waals surface area (Å²) in [5, 5.41) is 6.80. The molecule has 32 heavy (non-hydrogen) atoms. The molecule has 0 aliphatic carbocycles. The highest BCUT2D eigenvalue weighted by atomic mass is 35.5. The highest BCUT2D eigenvalue weighted by molar-refractivity contribution is 6.31. The van der Waals surface area contributed by atoms with Gasteiger partial charge in [-0.25, -0.2) is 9.97 Å². The van der Waals surface area contributed by atoms with Crippen molar-refractivity contribution in [1.82, 2.24) is 19.9 Å². The van der Waals surface area contributed by atoms with Gasteiger partial charge in [-0.15, -0.1) is 0 Å². The van der Waals surface area contributed by atoms with Gasteiger partial charge in [-0.2, -0.15) is 0 Å². The fourth-order valence-electron chi connectivity index (χ4n) is 4.28. The first kappa shape index (κ1) is 20.8. The van der Waals surface area contributed by atoms with E-state index in [1.165, 1.54) is 31.5 Å². The van der Waals surface area contributed by atoms with Crippen molar-refractivity contribution in [3.63, 3.8) is 0 Å². The van der Waals surface area contributed by atoms with E-state index in [1.807, 2.05) is 19.2 Å². The van der Waals surface area contributed by atoms with Gasteiger partial charge in [-0.05, 0) is 69.1 Å². The first-order chi connectivity index (χ1) is 15.5. The fraction of sp³-hybridized carbons (Fsp3) is 0.333. The quantitative estimate of drug-likeness (QED) is 0.602. The first-order valence-electron chi connectivity index (χ1n) is 11.0. The zero-order valence-electron chi connectivity index (χ0n) is 18.0. The number of fused-ring (bicyclic) bond motifs is 3. The third-order valence-electron chi connectivity index (χ3n) is 6.03. The van der Waals surface area contributed by atoms with Crippen LogP contribution in [0.4, 0.5) is 17.3 Å². The van der Waals surface area contributed by atoms with E-state index in [1.54, 1.807) is 18.3 Å². The Morgan fingerprint density at radius 3 is 2.84 bits per heavy atom. The lowest BCUT2D eigenvalue weighted by Gasteiger charge is -2.15. The molecule has 1 fully saturated rings. The Bertz CT molecular complexity index is 1180. The lowest BCUT2D eigenvalue weighted by atomic mass is 10.1. The molecular weight excluding hydrogens is 424 g/mol. The number of benzene rings is 1.